The van der Waals surface area contributed by atoms with Gasteiger partial charge in [-0.15, -0.1) is 0 Å². The van der Waals surface area contributed by atoms with E-state index in [1.165, 1.54) is 16.7 Å². The number of benzene rings is 2. The minimum atomic E-state index is 0.443. The minimum absolute atomic E-state index is 0.443. The lowest BCUT2D eigenvalue weighted by Crippen LogP contribution is -2.13. The molecule has 0 saturated heterocycles. The molecule has 20 heavy (non-hydrogen) atoms. The van der Waals surface area contributed by atoms with Gasteiger partial charge >= 0.3 is 0 Å². The summed E-state index contributed by atoms with van der Waals surface area (Å²) in [6, 6.07) is 19.8. The first kappa shape index (κ1) is 12.9. The molecule has 1 aliphatic carbocycles. The van der Waals surface area contributed by atoms with E-state index >= 15 is 0 Å². The summed E-state index contributed by atoms with van der Waals surface area (Å²) >= 11 is 0. The van der Waals surface area contributed by atoms with Crippen molar-refractivity contribution in [2.24, 2.45) is 5.92 Å². The fraction of sp³-hybridized carbons (Fsp3) is 0.200. The van der Waals surface area contributed by atoms with E-state index in [4.69, 9.17) is 0 Å². The molecule has 2 atom stereocenters. The van der Waals surface area contributed by atoms with Crippen LogP contribution in [0.1, 0.15) is 29.0 Å². The number of allylic oxidation sites excluding steroid dienone is 4. The highest BCUT2D eigenvalue weighted by Gasteiger charge is 2.22. The molecule has 0 heteroatoms. The van der Waals surface area contributed by atoms with Crippen LogP contribution < -0.4 is 0 Å². The Kier molecular flexibility index (Phi) is 3.83. The molecule has 2 aromatic rings. The van der Waals surface area contributed by atoms with Crippen molar-refractivity contribution in [1.82, 2.24) is 0 Å². The number of rotatable bonds is 3. The van der Waals surface area contributed by atoms with Crippen LogP contribution in [0.25, 0.3) is 0 Å². The summed E-state index contributed by atoms with van der Waals surface area (Å²) in [5, 5.41) is 0. The Morgan fingerprint density at radius 3 is 2.20 bits per heavy atom. The van der Waals surface area contributed by atoms with Gasteiger partial charge in [0.2, 0.25) is 0 Å². The van der Waals surface area contributed by atoms with Gasteiger partial charge in [0.05, 0.1) is 0 Å². The first-order chi connectivity index (χ1) is 9.84. The van der Waals surface area contributed by atoms with Gasteiger partial charge in [0.25, 0.3) is 0 Å². The van der Waals surface area contributed by atoms with E-state index in [-0.39, 0.29) is 0 Å². The van der Waals surface area contributed by atoms with E-state index in [1.807, 2.05) is 0 Å². The third kappa shape index (κ3) is 2.75. The number of hydrogen-bond acceptors (Lipinski definition) is 0. The largest absolute Gasteiger partial charge is 0.0839 e. The van der Waals surface area contributed by atoms with E-state index in [0.29, 0.717) is 11.8 Å². The molecule has 2 aromatic carbocycles. The van der Waals surface area contributed by atoms with Crippen LogP contribution in [0.15, 0.2) is 78.9 Å². The zero-order valence-corrected chi connectivity index (χ0v) is 11.9. The normalized spacial score (nSPS) is 18.9. The molecule has 0 spiro atoms. The Balaban J connectivity index is 2.01. The van der Waals surface area contributed by atoms with Gasteiger partial charge in [-0.2, -0.15) is 0 Å². The highest BCUT2D eigenvalue weighted by Crippen LogP contribution is 2.36. The van der Waals surface area contributed by atoms with Crippen LogP contribution >= 0.6 is 0 Å². The molecule has 1 aliphatic rings. The molecule has 0 N–H and O–H groups in total. The van der Waals surface area contributed by atoms with Crippen LogP contribution in [0, 0.1) is 12.8 Å². The van der Waals surface area contributed by atoms with Gasteiger partial charge in [0, 0.05) is 5.92 Å². The average Bonchev–Trinajstić information content (AvgIpc) is 2.52. The minimum Gasteiger partial charge on any atom is -0.0839 e. The molecule has 0 amide bonds. The molecule has 0 fully saturated rings. The second-order valence-corrected chi connectivity index (χ2v) is 5.51. The van der Waals surface area contributed by atoms with Gasteiger partial charge in [0.1, 0.15) is 0 Å². The molecular weight excluding hydrogens is 240 g/mol. The first-order valence-electron chi connectivity index (χ1n) is 7.29. The van der Waals surface area contributed by atoms with E-state index in [2.05, 4.69) is 85.8 Å². The first-order valence-corrected chi connectivity index (χ1v) is 7.29. The predicted octanol–water partition coefficient (Wildman–Crippen LogP) is 5.26. The van der Waals surface area contributed by atoms with Crippen molar-refractivity contribution in [2.45, 2.75) is 19.3 Å². The van der Waals surface area contributed by atoms with E-state index < -0.39 is 0 Å². The van der Waals surface area contributed by atoms with Gasteiger partial charge in [-0.1, -0.05) is 84.5 Å². The van der Waals surface area contributed by atoms with Gasteiger partial charge in [0.15, 0.2) is 0 Å². The Labute approximate surface area is 121 Å². The fourth-order valence-electron chi connectivity index (χ4n) is 2.97. The molecule has 0 radical (unpaired) electrons. The summed E-state index contributed by atoms with van der Waals surface area (Å²) in [5.41, 5.74) is 4.13. The maximum Gasteiger partial charge on any atom is 0.0155 e. The third-order valence-electron chi connectivity index (χ3n) is 4.04. The molecule has 100 valence electrons. The topological polar surface area (TPSA) is 0 Å². The summed E-state index contributed by atoms with van der Waals surface area (Å²) in [6.45, 7) is 2.14. The molecule has 0 aliphatic heterocycles. The van der Waals surface area contributed by atoms with Crippen molar-refractivity contribution in [3.63, 3.8) is 0 Å². The Bertz CT molecular complexity index is 602. The van der Waals surface area contributed by atoms with Crippen LogP contribution in [0.3, 0.4) is 0 Å². The van der Waals surface area contributed by atoms with Crippen LogP contribution in [-0.4, -0.2) is 0 Å². The van der Waals surface area contributed by atoms with Crippen molar-refractivity contribution < 1.29 is 0 Å². The van der Waals surface area contributed by atoms with Crippen molar-refractivity contribution in [2.75, 3.05) is 0 Å². The molecule has 2 unspecified atom stereocenters. The van der Waals surface area contributed by atoms with Crippen LogP contribution in [-0.2, 0) is 0 Å². The lowest BCUT2D eigenvalue weighted by molar-refractivity contribution is 0.572. The van der Waals surface area contributed by atoms with Gasteiger partial charge < -0.3 is 0 Å². The van der Waals surface area contributed by atoms with Crippen LogP contribution in [0.5, 0.6) is 0 Å². The second-order valence-electron chi connectivity index (χ2n) is 5.51. The highest BCUT2D eigenvalue weighted by atomic mass is 14.3. The van der Waals surface area contributed by atoms with Crippen molar-refractivity contribution >= 4 is 0 Å². The van der Waals surface area contributed by atoms with Crippen molar-refractivity contribution in [1.29, 1.82) is 0 Å². The summed E-state index contributed by atoms with van der Waals surface area (Å²) in [6.07, 6.45) is 10.1. The van der Waals surface area contributed by atoms with E-state index in [0.717, 1.165) is 6.42 Å². The van der Waals surface area contributed by atoms with Crippen LogP contribution in [0.4, 0.5) is 0 Å². The molecule has 0 bridgehead atoms. The SMILES string of the molecule is Cc1ccc(C(c2ccccc2)C2C=CC=CC2)cc1. The smallest absolute Gasteiger partial charge is 0.0155 e. The number of aryl methyl sites for hydroxylation is 1. The average molecular weight is 260 g/mol. The molecule has 3 rings (SSSR count). The molecule has 0 heterocycles. The molecule has 0 saturated carbocycles. The standard InChI is InChI=1S/C20H20/c1-16-12-14-19(15-13-16)20(17-8-4-2-5-9-17)18-10-6-3-7-11-18/h2-10,12-15,18,20H,11H2,1H3. The molecule has 0 aromatic heterocycles. The van der Waals surface area contributed by atoms with Gasteiger partial charge in [-0.25, -0.2) is 0 Å². The fourth-order valence-corrected chi connectivity index (χ4v) is 2.97. The highest BCUT2D eigenvalue weighted by molar-refractivity contribution is 5.37. The maximum atomic E-state index is 2.34. The Morgan fingerprint density at radius 2 is 1.55 bits per heavy atom. The quantitative estimate of drug-likeness (QED) is 0.706. The second kappa shape index (κ2) is 5.92. The summed E-state index contributed by atoms with van der Waals surface area (Å²) < 4.78 is 0. The Morgan fingerprint density at radius 1 is 0.850 bits per heavy atom. The zero-order chi connectivity index (χ0) is 13.8. The monoisotopic (exact) mass is 260 g/mol. The number of hydrogen-bond donors (Lipinski definition) is 0. The molecule has 0 nitrogen and oxygen atoms in total. The van der Waals surface area contributed by atoms with Crippen LogP contribution in [0.2, 0.25) is 0 Å². The predicted molar refractivity (Wildman–Crippen MR) is 85.9 cm³/mol. The lowest BCUT2D eigenvalue weighted by Gasteiger charge is -2.26. The van der Waals surface area contributed by atoms with Crippen molar-refractivity contribution in [3.8, 4) is 0 Å². The third-order valence-corrected chi connectivity index (χ3v) is 4.04. The van der Waals surface area contributed by atoms with E-state index in [1.54, 1.807) is 0 Å². The van der Waals surface area contributed by atoms with E-state index in [9.17, 15) is 0 Å². The van der Waals surface area contributed by atoms with Crippen molar-refractivity contribution in [3.05, 3.63) is 95.6 Å². The lowest BCUT2D eigenvalue weighted by atomic mass is 9.78. The summed E-state index contributed by atoms with van der Waals surface area (Å²) in [7, 11) is 0. The zero-order valence-electron chi connectivity index (χ0n) is 11.9. The molecular formula is C20H20. The van der Waals surface area contributed by atoms with Gasteiger partial charge in [-0.3, -0.25) is 0 Å². The maximum absolute atomic E-state index is 2.34. The Hall–Kier alpha value is -2.08. The van der Waals surface area contributed by atoms with Gasteiger partial charge in [-0.05, 0) is 30.4 Å². The summed E-state index contributed by atoms with van der Waals surface area (Å²) in [4.78, 5) is 0. The summed E-state index contributed by atoms with van der Waals surface area (Å²) in [5.74, 6) is 0.989.